The van der Waals surface area contributed by atoms with Gasteiger partial charge in [-0.05, 0) is 11.1 Å². The molecule has 0 bridgehead atoms. The van der Waals surface area contributed by atoms with E-state index in [9.17, 15) is 20.1 Å². The molecular formula is C29H14N4O2. The van der Waals surface area contributed by atoms with Crippen molar-refractivity contribution >= 4 is 22.7 Å². The standard InChI is InChI=1S/C29H14N4O2/c1-32-24(16-30)26-18-10-6-8-12-20(18)28(34)22(26)14-4-3-5-15-23-27(25(17-31)33-2)19-11-7-9-13-21(19)29(23)35/h3-15,24H/b5-3+,14-4+,23-15-,27-25-. The third-order valence-corrected chi connectivity index (χ3v) is 5.68. The second-order valence-electron chi connectivity index (χ2n) is 7.51. The summed E-state index contributed by atoms with van der Waals surface area (Å²) in [4.78, 5) is 32.4. The summed E-state index contributed by atoms with van der Waals surface area (Å²) in [7, 11) is 0. The quantitative estimate of drug-likeness (QED) is 0.265. The third kappa shape index (κ3) is 3.79. The Labute approximate surface area is 202 Å². The van der Waals surface area contributed by atoms with E-state index in [1.807, 2.05) is 12.1 Å². The molecule has 1 atom stereocenters. The molecule has 6 heteroatoms. The monoisotopic (exact) mass is 450 g/mol. The molecule has 0 saturated carbocycles. The number of rotatable bonds is 4. The van der Waals surface area contributed by atoms with E-state index in [4.69, 9.17) is 13.1 Å². The van der Waals surface area contributed by atoms with Crippen LogP contribution in [0.2, 0.25) is 0 Å². The van der Waals surface area contributed by atoms with Crippen LogP contribution in [-0.2, 0) is 0 Å². The van der Waals surface area contributed by atoms with Gasteiger partial charge in [-0.15, -0.1) is 0 Å². The summed E-state index contributed by atoms with van der Waals surface area (Å²) >= 11 is 0. The van der Waals surface area contributed by atoms with E-state index in [2.05, 4.69) is 9.69 Å². The molecule has 0 amide bonds. The molecule has 6 nitrogen and oxygen atoms in total. The average molecular weight is 450 g/mol. The van der Waals surface area contributed by atoms with Gasteiger partial charge in [0.1, 0.15) is 0 Å². The lowest BCUT2D eigenvalue weighted by molar-refractivity contribution is 0.103. The number of benzene rings is 2. The van der Waals surface area contributed by atoms with Crippen LogP contribution < -0.4 is 0 Å². The maximum atomic E-state index is 12.9. The number of hydrogen-bond acceptors (Lipinski definition) is 4. The van der Waals surface area contributed by atoms with Gasteiger partial charge in [0.2, 0.25) is 0 Å². The SMILES string of the molecule is [C-]#[N+]\C(C#N)=C1/C(=C/C=C/C=C/C2=C(C(C#N)[N+]#[C-])c3ccccc3C2=O)C(=O)c2ccccc21. The van der Waals surface area contributed by atoms with Crippen LogP contribution >= 0.6 is 0 Å². The van der Waals surface area contributed by atoms with Crippen LogP contribution in [-0.4, -0.2) is 17.6 Å². The first-order chi connectivity index (χ1) is 17.1. The van der Waals surface area contributed by atoms with Gasteiger partial charge >= 0.3 is 6.04 Å². The van der Waals surface area contributed by atoms with Crippen molar-refractivity contribution in [3.63, 3.8) is 0 Å². The van der Waals surface area contributed by atoms with E-state index >= 15 is 0 Å². The van der Waals surface area contributed by atoms with Crippen LogP contribution in [0.25, 0.3) is 20.8 Å². The molecule has 0 saturated heterocycles. The second kappa shape index (κ2) is 9.51. The summed E-state index contributed by atoms with van der Waals surface area (Å²) < 4.78 is 0. The zero-order chi connectivity index (χ0) is 24.9. The molecule has 0 N–H and O–H groups in total. The number of Topliss-reactive ketones (excluding diaryl/α,β-unsaturated/α-hetero) is 2. The van der Waals surface area contributed by atoms with Crippen LogP contribution in [0.15, 0.2) is 95.8 Å². The fourth-order valence-electron chi connectivity index (χ4n) is 4.17. The highest BCUT2D eigenvalue weighted by Crippen LogP contribution is 2.39. The summed E-state index contributed by atoms with van der Waals surface area (Å²) in [6, 6.07) is 16.4. The summed E-state index contributed by atoms with van der Waals surface area (Å²) in [5.41, 5.74) is 3.05. The zero-order valence-corrected chi connectivity index (χ0v) is 18.2. The largest absolute Gasteiger partial charge is 0.333 e. The molecule has 35 heavy (non-hydrogen) atoms. The van der Waals surface area contributed by atoms with E-state index in [-0.39, 0.29) is 28.4 Å². The van der Waals surface area contributed by atoms with Crippen molar-refractivity contribution in [3.8, 4) is 12.1 Å². The first kappa shape index (κ1) is 22.6. The van der Waals surface area contributed by atoms with E-state index in [0.29, 0.717) is 33.4 Å². The number of carbonyl (C=O) groups excluding carboxylic acids is 2. The minimum Gasteiger partial charge on any atom is -0.292 e. The molecule has 0 heterocycles. The molecule has 0 aliphatic heterocycles. The van der Waals surface area contributed by atoms with Crippen molar-refractivity contribution in [3.05, 3.63) is 141 Å². The maximum absolute atomic E-state index is 12.9. The number of nitriles is 2. The van der Waals surface area contributed by atoms with Gasteiger partial charge in [-0.1, -0.05) is 78.9 Å². The topological polar surface area (TPSA) is 90.4 Å². The minimum atomic E-state index is -1.10. The van der Waals surface area contributed by atoms with Crippen molar-refractivity contribution in [1.82, 2.24) is 0 Å². The Hall–Kier alpha value is -5.56. The molecule has 2 aromatic carbocycles. The predicted octanol–water partition coefficient (Wildman–Crippen LogP) is 5.54. The average Bonchev–Trinajstić information content (AvgIpc) is 3.33. The van der Waals surface area contributed by atoms with E-state index in [1.165, 1.54) is 6.08 Å². The molecule has 0 aromatic heterocycles. The number of fused-ring (bicyclic) bond motifs is 2. The fourth-order valence-corrected chi connectivity index (χ4v) is 4.17. The molecule has 162 valence electrons. The number of carbonyl (C=O) groups is 2. The fraction of sp³-hybridized carbons (Fsp3) is 0.0345. The van der Waals surface area contributed by atoms with E-state index in [0.717, 1.165) is 0 Å². The molecule has 0 radical (unpaired) electrons. The Bertz CT molecular complexity index is 1590. The van der Waals surface area contributed by atoms with Crippen LogP contribution in [0.4, 0.5) is 0 Å². The van der Waals surface area contributed by atoms with Crippen molar-refractivity contribution < 1.29 is 9.59 Å². The molecule has 0 spiro atoms. The van der Waals surface area contributed by atoms with Crippen molar-refractivity contribution in [1.29, 1.82) is 10.5 Å². The first-order valence-electron chi connectivity index (χ1n) is 10.4. The van der Waals surface area contributed by atoms with Gasteiger partial charge in [0.15, 0.2) is 17.6 Å². The van der Waals surface area contributed by atoms with Crippen molar-refractivity contribution in [2.45, 2.75) is 6.04 Å². The molecule has 4 rings (SSSR count). The van der Waals surface area contributed by atoms with Gasteiger partial charge in [-0.2, -0.15) is 5.26 Å². The van der Waals surface area contributed by atoms with E-state index in [1.54, 1.807) is 72.8 Å². The van der Waals surface area contributed by atoms with Crippen molar-refractivity contribution in [2.75, 3.05) is 0 Å². The Morgan fingerprint density at radius 3 is 2.09 bits per heavy atom. The van der Waals surface area contributed by atoms with Gasteiger partial charge in [-0.25, -0.2) is 16.7 Å². The summed E-state index contributed by atoms with van der Waals surface area (Å²) in [6.45, 7) is 14.7. The number of ketones is 2. The Balaban J connectivity index is 1.70. The zero-order valence-electron chi connectivity index (χ0n) is 18.2. The number of hydrogen-bond donors (Lipinski definition) is 0. The van der Waals surface area contributed by atoms with Crippen LogP contribution in [0.3, 0.4) is 0 Å². The number of allylic oxidation sites excluding steroid dienone is 9. The third-order valence-electron chi connectivity index (χ3n) is 5.68. The predicted molar refractivity (Wildman–Crippen MR) is 130 cm³/mol. The van der Waals surface area contributed by atoms with Crippen LogP contribution in [0.1, 0.15) is 31.8 Å². The molecular weight excluding hydrogens is 436 g/mol. The molecule has 2 aliphatic carbocycles. The normalized spacial score (nSPS) is 17.7. The Kier molecular flexibility index (Phi) is 6.15. The Morgan fingerprint density at radius 1 is 0.857 bits per heavy atom. The summed E-state index contributed by atoms with van der Waals surface area (Å²) in [6.07, 6.45) is 7.85. The van der Waals surface area contributed by atoms with Crippen LogP contribution in [0, 0.1) is 35.8 Å². The highest BCUT2D eigenvalue weighted by atomic mass is 16.1. The Morgan fingerprint density at radius 2 is 1.49 bits per heavy atom. The smallest absolute Gasteiger partial charge is 0.292 e. The highest BCUT2D eigenvalue weighted by Gasteiger charge is 2.35. The second-order valence-corrected chi connectivity index (χ2v) is 7.51. The number of nitrogens with zero attached hydrogens (tertiary/aromatic N) is 4. The lowest BCUT2D eigenvalue weighted by Gasteiger charge is -2.02. The first-order valence-corrected chi connectivity index (χ1v) is 10.4. The molecule has 1 unspecified atom stereocenters. The van der Waals surface area contributed by atoms with Crippen LogP contribution in [0.5, 0.6) is 0 Å². The molecule has 0 fully saturated rings. The minimum absolute atomic E-state index is 0.163. The lowest BCUT2D eigenvalue weighted by atomic mass is 9.99. The summed E-state index contributed by atoms with van der Waals surface area (Å²) in [5, 5.41) is 18.8. The van der Waals surface area contributed by atoms with Gasteiger partial charge in [-0.3, -0.25) is 14.4 Å². The molecule has 2 aliphatic rings. The lowest BCUT2D eigenvalue weighted by Crippen LogP contribution is -2.02. The molecule has 2 aromatic rings. The van der Waals surface area contributed by atoms with Gasteiger partial charge in [0, 0.05) is 27.8 Å². The van der Waals surface area contributed by atoms with Crippen molar-refractivity contribution in [2.24, 2.45) is 0 Å². The van der Waals surface area contributed by atoms with Gasteiger partial charge < -0.3 is 0 Å². The highest BCUT2D eigenvalue weighted by molar-refractivity contribution is 6.27. The maximum Gasteiger partial charge on any atom is 0.333 e. The van der Waals surface area contributed by atoms with Gasteiger partial charge in [0.25, 0.3) is 5.70 Å². The van der Waals surface area contributed by atoms with Gasteiger partial charge in [0.05, 0.1) is 18.2 Å². The summed E-state index contributed by atoms with van der Waals surface area (Å²) in [5.74, 6) is -0.536. The van der Waals surface area contributed by atoms with E-state index < -0.39 is 6.04 Å².